The van der Waals surface area contributed by atoms with Gasteiger partial charge in [0.25, 0.3) is 5.91 Å². The molecule has 9 heteroatoms. The molecule has 0 aliphatic heterocycles. The molecule has 0 fully saturated rings. The number of nitrogens with zero attached hydrogens (tertiary/aromatic N) is 2. The van der Waals surface area contributed by atoms with Crippen LogP contribution in [0.25, 0.3) is 0 Å². The molecule has 0 bridgehead atoms. The monoisotopic (exact) mass is 328 g/mol. The number of ether oxygens (including phenoxy) is 1. The molecule has 0 aromatic carbocycles. The highest BCUT2D eigenvalue weighted by atomic mass is 32.1. The molecule has 3 amide bonds. The van der Waals surface area contributed by atoms with Crippen LogP contribution >= 0.6 is 11.5 Å². The van der Waals surface area contributed by atoms with Gasteiger partial charge in [-0.3, -0.25) is 10.1 Å². The van der Waals surface area contributed by atoms with Gasteiger partial charge in [-0.25, -0.2) is 9.59 Å². The van der Waals surface area contributed by atoms with Crippen molar-refractivity contribution < 1.29 is 19.1 Å². The summed E-state index contributed by atoms with van der Waals surface area (Å²) in [5.41, 5.74) is 0.0438. The van der Waals surface area contributed by atoms with Gasteiger partial charge in [-0.1, -0.05) is 11.4 Å². The van der Waals surface area contributed by atoms with Crippen molar-refractivity contribution in [2.24, 2.45) is 0 Å². The molecular formula is C13H20N4O4S. The Morgan fingerprint density at radius 1 is 1.32 bits per heavy atom. The Morgan fingerprint density at radius 2 is 1.95 bits per heavy atom. The van der Waals surface area contributed by atoms with Crippen LogP contribution in [-0.2, 0) is 16.0 Å². The molecule has 22 heavy (non-hydrogen) atoms. The first-order valence-electron chi connectivity index (χ1n) is 6.79. The van der Waals surface area contributed by atoms with Crippen LogP contribution in [0, 0.1) is 0 Å². The zero-order chi connectivity index (χ0) is 16.9. The highest BCUT2D eigenvalue weighted by molar-refractivity contribution is 7.07. The third kappa shape index (κ3) is 5.40. The molecule has 0 aliphatic carbocycles. The summed E-state index contributed by atoms with van der Waals surface area (Å²) in [6, 6.07) is -0.644. The Morgan fingerprint density at radius 3 is 2.50 bits per heavy atom. The maximum absolute atomic E-state index is 11.9. The van der Waals surface area contributed by atoms with Crippen molar-refractivity contribution in [3.63, 3.8) is 0 Å². The smallest absolute Gasteiger partial charge is 0.352 e. The molecule has 0 saturated carbocycles. The van der Waals surface area contributed by atoms with Crippen LogP contribution in [-0.4, -0.2) is 39.1 Å². The number of aromatic nitrogens is 2. The van der Waals surface area contributed by atoms with Crippen molar-refractivity contribution in [3.05, 3.63) is 10.6 Å². The second-order valence-electron chi connectivity index (χ2n) is 5.64. The van der Waals surface area contributed by atoms with Crippen molar-refractivity contribution in [1.82, 2.24) is 20.2 Å². The number of hydrogen-bond acceptors (Lipinski definition) is 7. The number of carbonyl (C=O) groups is 3. The lowest BCUT2D eigenvalue weighted by Gasteiger charge is -2.21. The largest absolute Gasteiger partial charge is 0.448 e. The predicted octanol–water partition coefficient (Wildman–Crippen LogP) is 1.27. The molecule has 0 unspecified atom stereocenters. The van der Waals surface area contributed by atoms with E-state index < -0.39 is 29.6 Å². The molecule has 2 N–H and O–H groups in total. The summed E-state index contributed by atoms with van der Waals surface area (Å²) in [5, 5.41) is 8.50. The van der Waals surface area contributed by atoms with E-state index in [2.05, 4.69) is 20.2 Å². The van der Waals surface area contributed by atoms with Crippen LogP contribution in [0.3, 0.4) is 0 Å². The molecule has 1 rings (SSSR count). The maximum Gasteiger partial charge on any atom is 0.352 e. The summed E-state index contributed by atoms with van der Waals surface area (Å²) in [4.78, 5) is 35.6. The van der Waals surface area contributed by atoms with Crippen LogP contribution in [0.15, 0.2) is 0 Å². The number of urea groups is 1. The quantitative estimate of drug-likeness (QED) is 0.805. The predicted molar refractivity (Wildman–Crippen MR) is 80.6 cm³/mol. The summed E-state index contributed by atoms with van der Waals surface area (Å²) >= 11 is 0.911. The Balaban J connectivity index is 2.57. The van der Waals surface area contributed by atoms with Crippen molar-refractivity contribution >= 4 is 29.4 Å². The summed E-state index contributed by atoms with van der Waals surface area (Å²) in [5.74, 6) is -1.38. The van der Waals surface area contributed by atoms with Crippen LogP contribution < -0.4 is 10.6 Å². The van der Waals surface area contributed by atoms with Gasteiger partial charge in [-0.05, 0) is 45.6 Å². The first-order chi connectivity index (χ1) is 10.1. The van der Waals surface area contributed by atoms with Crippen molar-refractivity contribution in [3.8, 4) is 0 Å². The topological polar surface area (TPSA) is 110 Å². The summed E-state index contributed by atoms with van der Waals surface area (Å²) in [7, 11) is 0. The zero-order valence-electron chi connectivity index (χ0n) is 13.2. The minimum Gasteiger partial charge on any atom is -0.448 e. The van der Waals surface area contributed by atoms with Crippen molar-refractivity contribution in [1.29, 1.82) is 0 Å². The molecule has 1 heterocycles. The van der Waals surface area contributed by atoms with E-state index in [-0.39, 0.29) is 4.88 Å². The van der Waals surface area contributed by atoms with Gasteiger partial charge in [0.1, 0.15) is 0 Å². The van der Waals surface area contributed by atoms with Crippen LogP contribution in [0.1, 0.15) is 50.0 Å². The average Bonchev–Trinajstić information content (AvgIpc) is 2.84. The van der Waals surface area contributed by atoms with E-state index in [4.69, 9.17) is 4.74 Å². The molecular weight excluding hydrogens is 308 g/mol. The van der Waals surface area contributed by atoms with E-state index in [1.165, 1.54) is 6.92 Å². The van der Waals surface area contributed by atoms with Gasteiger partial charge in [0.05, 0.1) is 5.69 Å². The lowest BCUT2D eigenvalue weighted by Crippen LogP contribution is -2.50. The van der Waals surface area contributed by atoms with Crippen molar-refractivity contribution in [2.75, 3.05) is 0 Å². The minimum absolute atomic E-state index is 0.265. The number of nitrogens with one attached hydrogen (secondary N) is 2. The lowest BCUT2D eigenvalue weighted by molar-refractivity contribution is -0.127. The maximum atomic E-state index is 11.9. The van der Waals surface area contributed by atoms with E-state index in [1.54, 1.807) is 20.8 Å². The second kappa shape index (κ2) is 7.30. The van der Waals surface area contributed by atoms with E-state index >= 15 is 0 Å². The average molecular weight is 328 g/mol. The highest BCUT2D eigenvalue weighted by Gasteiger charge is 2.25. The van der Waals surface area contributed by atoms with E-state index in [0.717, 1.165) is 11.5 Å². The zero-order valence-corrected chi connectivity index (χ0v) is 14.0. The summed E-state index contributed by atoms with van der Waals surface area (Å²) in [6.07, 6.45) is -0.569. The first kappa shape index (κ1) is 18.0. The van der Waals surface area contributed by atoms with Crippen LogP contribution in [0.2, 0.25) is 0 Å². The number of imide groups is 1. The number of esters is 1. The molecule has 0 saturated heterocycles. The third-order valence-electron chi connectivity index (χ3n) is 2.45. The van der Waals surface area contributed by atoms with E-state index in [1.807, 2.05) is 6.92 Å². The third-order valence-corrected chi connectivity index (χ3v) is 3.20. The molecule has 122 valence electrons. The Labute approximate surface area is 132 Å². The minimum atomic E-state index is -1.11. The fraction of sp³-hybridized carbons (Fsp3) is 0.615. The summed E-state index contributed by atoms with van der Waals surface area (Å²) < 4.78 is 8.71. The molecule has 1 aromatic heterocycles. The first-order valence-corrected chi connectivity index (χ1v) is 7.56. The Kier molecular flexibility index (Phi) is 5.98. The van der Waals surface area contributed by atoms with Gasteiger partial charge in [0.2, 0.25) is 0 Å². The number of carbonyl (C=O) groups excluding carboxylic acids is 3. The number of aryl methyl sites for hydroxylation is 1. The molecule has 1 atom stereocenters. The van der Waals surface area contributed by atoms with E-state index in [9.17, 15) is 14.4 Å². The highest BCUT2D eigenvalue weighted by Crippen LogP contribution is 2.13. The number of hydrogen-bond donors (Lipinski definition) is 2. The molecule has 0 radical (unpaired) electrons. The van der Waals surface area contributed by atoms with Crippen LogP contribution in [0.5, 0.6) is 0 Å². The lowest BCUT2D eigenvalue weighted by atomic mass is 10.1. The Hall–Kier alpha value is -2.03. The Bertz CT molecular complexity index is 565. The van der Waals surface area contributed by atoms with Gasteiger partial charge in [-0.15, -0.1) is 5.10 Å². The van der Waals surface area contributed by atoms with E-state index in [0.29, 0.717) is 12.1 Å². The van der Waals surface area contributed by atoms with Gasteiger partial charge in [0, 0.05) is 5.54 Å². The number of amides is 3. The second-order valence-corrected chi connectivity index (χ2v) is 6.40. The molecule has 0 aliphatic rings. The standard InChI is InChI=1S/C13H20N4O4S/c1-6-8-9(22-17-16-8)11(19)21-7(2)10(18)14-12(20)15-13(3,4)5/h7H,6H2,1-5H3,(H2,14,15,18,20)/t7-/m1/s1. The van der Waals surface area contributed by atoms with Crippen LogP contribution in [0.4, 0.5) is 4.79 Å². The van der Waals surface area contributed by atoms with Gasteiger partial charge in [-0.2, -0.15) is 0 Å². The van der Waals surface area contributed by atoms with Gasteiger partial charge >= 0.3 is 12.0 Å². The fourth-order valence-corrected chi connectivity index (χ4v) is 2.08. The number of rotatable bonds is 4. The molecule has 8 nitrogen and oxygen atoms in total. The van der Waals surface area contributed by atoms with Gasteiger partial charge < -0.3 is 10.1 Å². The SMILES string of the molecule is CCc1nnsc1C(=O)O[C@H](C)C(=O)NC(=O)NC(C)(C)C. The summed E-state index contributed by atoms with van der Waals surface area (Å²) in [6.45, 7) is 8.56. The fourth-order valence-electron chi connectivity index (χ4n) is 1.45. The molecule has 1 aromatic rings. The van der Waals surface area contributed by atoms with Crippen molar-refractivity contribution in [2.45, 2.75) is 52.7 Å². The normalized spacial score (nSPS) is 12.4. The molecule has 0 spiro atoms. The van der Waals surface area contributed by atoms with Gasteiger partial charge in [0.15, 0.2) is 11.0 Å².